The maximum atomic E-state index is 13.0. The van der Waals surface area contributed by atoms with Gasteiger partial charge in [-0.05, 0) is 77.6 Å². The van der Waals surface area contributed by atoms with Gasteiger partial charge in [-0.3, -0.25) is 9.80 Å². The first-order valence-corrected chi connectivity index (χ1v) is 11.1. The van der Waals surface area contributed by atoms with Crippen LogP contribution in [0, 0.1) is 0 Å². The molecule has 1 saturated carbocycles. The summed E-state index contributed by atoms with van der Waals surface area (Å²) in [5.41, 5.74) is 0.761. The predicted octanol–water partition coefficient (Wildman–Crippen LogP) is 5.70. The monoisotopic (exact) mass is 387 g/mol. The number of carbonyl (C=O) groups excluding carboxylic acids is 1. The zero-order valence-corrected chi connectivity index (χ0v) is 18.1. The molecule has 28 heavy (non-hydrogen) atoms. The number of ether oxygens (including phenoxy) is 1. The van der Waals surface area contributed by atoms with Crippen LogP contribution >= 0.6 is 0 Å². The van der Waals surface area contributed by atoms with Crippen LogP contribution in [0.5, 0.6) is 0 Å². The average Bonchev–Trinajstić information content (AvgIpc) is 3.11. The maximum absolute atomic E-state index is 13.0. The molecule has 156 valence electrons. The Labute approximate surface area is 170 Å². The summed E-state index contributed by atoms with van der Waals surface area (Å²) < 4.78 is 5.73. The number of aromatic nitrogens is 1. The van der Waals surface area contributed by atoms with Crippen LogP contribution < -0.4 is 4.90 Å². The Morgan fingerprint density at radius 2 is 1.93 bits per heavy atom. The summed E-state index contributed by atoms with van der Waals surface area (Å²) in [6.07, 6.45) is 11.0. The number of nitrogens with zero attached hydrogens (tertiary/aromatic N) is 3. The minimum atomic E-state index is -0.506. The first-order chi connectivity index (χ1) is 13.4. The van der Waals surface area contributed by atoms with Crippen LogP contribution in [-0.4, -0.2) is 40.7 Å². The minimum absolute atomic E-state index is 0.185. The lowest BCUT2D eigenvalue weighted by Crippen LogP contribution is -2.45. The fraction of sp³-hybridized carbons (Fsp3) is 0.739. The summed E-state index contributed by atoms with van der Waals surface area (Å²) in [6, 6.07) is 4.84. The van der Waals surface area contributed by atoms with Crippen molar-refractivity contribution in [2.45, 2.75) is 96.7 Å². The summed E-state index contributed by atoms with van der Waals surface area (Å²) in [4.78, 5) is 22.1. The zero-order valence-electron chi connectivity index (χ0n) is 18.1. The molecule has 0 N–H and O–H groups in total. The summed E-state index contributed by atoms with van der Waals surface area (Å²) in [5, 5.41) is 0. The van der Waals surface area contributed by atoms with Crippen LogP contribution in [0.1, 0.15) is 90.7 Å². The second-order valence-electron chi connectivity index (χ2n) is 9.29. The van der Waals surface area contributed by atoms with Crippen molar-refractivity contribution >= 4 is 11.9 Å². The molecular weight excluding hydrogens is 350 g/mol. The third kappa shape index (κ3) is 5.25. The van der Waals surface area contributed by atoms with Gasteiger partial charge in [-0.2, -0.15) is 0 Å². The molecule has 2 fully saturated rings. The van der Waals surface area contributed by atoms with E-state index >= 15 is 0 Å². The number of pyridine rings is 1. The van der Waals surface area contributed by atoms with Crippen molar-refractivity contribution < 1.29 is 9.53 Å². The van der Waals surface area contributed by atoms with Gasteiger partial charge in [-0.1, -0.05) is 32.3 Å². The zero-order chi connectivity index (χ0) is 20.1. The van der Waals surface area contributed by atoms with Gasteiger partial charge >= 0.3 is 6.09 Å². The number of hydrogen-bond donors (Lipinski definition) is 0. The molecule has 1 aliphatic heterocycles. The lowest BCUT2D eigenvalue weighted by Gasteiger charge is -2.35. The molecule has 1 aliphatic carbocycles. The first-order valence-electron chi connectivity index (χ1n) is 11.1. The van der Waals surface area contributed by atoms with Gasteiger partial charge in [0, 0.05) is 18.3 Å². The number of carbonyl (C=O) groups is 1. The van der Waals surface area contributed by atoms with E-state index in [1.807, 2.05) is 37.9 Å². The highest BCUT2D eigenvalue weighted by molar-refractivity contribution is 5.87. The molecule has 5 nitrogen and oxygen atoms in total. The molecule has 0 radical (unpaired) electrons. The molecule has 1 aromatic heterocycles. The average molecular weight is 388 g/mol. The normalized spacial score (nSPS) is 21.6. The second-order valence-corrected chi connectivity index (χ2v) is 9.29. The maximum Gasteiger partial charge on any atom is 0.416 e. The summed E-state index contributed by atoms with van der Waals surface area (Å²) in [7, 11) is 0. The minimum Gasteiger partial charge on any atom is -0.443 e. The van der Waals surface area contributed by atoms with Crippen molar-refractivity contribution in [3.63, 3.8) is 0 Å². The van der Waals surface area contributed by atoms with Crippen LogP contribution in [0.4, 0.5) is 10.6 Å². The lowest BCUT2D eigenvalue weighted by atomic mass is 9.94. The first kappa shape index (κ1) is 21.1. The predicted molar refractivity (Wildman–Crippen MR) is 114 cm³/mol. The van der Waals surface area contributed by atoms with E-state index in [9.17, 15) is 4.79 Å². The lowest BCUT2D eigenvalue weighted by molar-refractivity contribution is 0.0556. The number of anilines is 1. The van der Waals surface area contributed by atoms with Crippen molar-refractivity contribution in [2.24, 2.45) is 0 Å². The van der Waals surface area contributed by atoms with Crippen molar-refractivity contribution in [1.29, 1.82) is 0 Å². The van der Waals surface area contributed by atoms with Crippen LogP contribution in [-0.2, 0) is 4.74 Å². The number of hydrogen-bond acceptors (Lipinski definition) is 4. The fourth-order valence-corrected chi connectivity index (χ4v) is 4.58. The largest absolute Gasteiger partial charge is 0.443 e. The van der Waals surface area contributed by atoms with E-state index in [-0.39, 0.29) is 12.1 Å². The van der Waals surface area contributed by atoms with Gasteiger partial charge in [0.1, 0.15) is 11.4 Å². The molecule has 0 bridgehead atoms. The van der Waals surface area contributed by atoms with Gasteiger partial charge in [-0.15, -0.1) is 0 Å². The molecule has 1 atom stereocenters. The van der Waals surface area contributed by atoms with E-state index in [1.54, 1.807) is 0 Å². The Hall–Kier alpha value is -1.62. The Morgan fingerprint density at radius 1 is 1.18 bits per heavy atom. The highest BCUT2D eigenvalue weighted by Gasteiger charge is 2.32. The molecule has 3 rings (SSSR count). The summed E-state index contributed by atoms with van der Waals surface area (Å²) in [6.45, 7) is 10.3. The Balaban J connectivity index is 1.80. The number of rotatable bonds is 5. The molecule has 5 heteroatoms. The molecule has 1 amide bonds. The van der Waals surface area contributed by atoms with Gasteiger partial charge < -0.3 is 4.74 Å². The molecule has 1 aromatic rings. The Kier molecular flexibility index (Phi) is 6.97. The number of amides is 1. The van der Waals surface area contributed by atoms with Crippen molar-refractivity contribution in [3.05, 3.63) is 23.9 Å². The quantitative estimate of drug-likeness (QED) is 0.650. The molecule has 1 saturated heterocycles. The molecule has 2 aliphatic rings. The van der Waals surface area contributed by atoms with Crippen LogP contribution in [0.15, 0.2) is 18.3 Å². The SMILES string of the molecule is CCCN1CCCC1c1ccc(N(C(=O)OC(C)(C)C)C2CCCCC2)nc1. The van der Waals surface area contributed by atoms with Gasteiger partial charge in [0.25, 0.3) is 0 Å². The van der Waals surface area contributed by atoms with Crippen molar-refractivity contribution in [1.82, 2.24) is 9.88 Å². The van der Waals surface area contributed by atoms with Gasteiger partial charge in [0.05, 0.1) is 0 Å². The van der Waals surface area contributed by atoms with Crippen LogP contribution in [0.2, 0.25) is 0 Å². The molecule has 0 aromatic carbocycles. The van der Waals surface area contributed by atoms with Gasteiger partial charge in [0.15, 0.2) is 0 Å². The third-order valence-electron chi connectivity index (χ3n) is 5.81. The topological polar surface area (TPSA) is 45.7 Å². The highest BCUT2D eigenvalue weighted by Crippen LogP contribution is 2.33. The Morgan fingerprint density at radius 3 is 2.54 bits per heavy atom. The smallest absolute Gasteiger partial charge is 0.416 e. The molecule has 0 spiro atoms. The van der Waals surface area contributed by atoms with E-state index in [0.717, 1.165) is 38.0 Å². The van der Waals surface area contributed by atoms with E-state index in [0.29, 0.717) is 6.04 Å². The van der Waals surface area contributed by atoms with E-state index in [1.165, 1.54) is 37.8 Å². The number of likely N-dealkylation sites (tertiary alicyclic amines) is 1. The van der Waals surface area contributed by atoms with E-state index in [4.69, 9.17) is 9.72 Å². The molecule has 1 unspecified atom stereocenters. The molecule has 2 heterocycles. The van der Waals surface area contributed by atoms with Crippen molar-refractivity contribution in [2.75, 3.05) is 18.0 Å². The van der Waals surface area contributed by atoms with E-state index in [2.05, 4.69) is 17.9 Å². The highest BCUT2D eigenvalue weighted by atomic mass is 16.6. The third-order valence-corrected chi connectivity index (χ3v) is 5.81. The fourth-order valence-electron chi connectivity index (χ4n) is 4.58. The Bertz CT molecular complexity index is 632. The van der Waals surface area contributed by atoms with Gasteiger partial charge in [0.2, 0.25) is 0 Å². The summed E-state index contributed by atoms with van der Waals surface area (Å²) in [5.74, 6) is 0.727. The summed E-state index contributed by atoms with van der Waals surface area (Å²) >= 11 is 0. The van der Waals surface area contributed by atoms with Gasteiger partial charge in [-0.25, -0.2) is 9.78 Å². The second kappa shape index (κ2) is 9.25. The van der Waals surface area contributed by atoms with Crippen molar-refractivity contribution in [3.8, 4) is 0 Å². The van der Waals surface area contributed by atoms with Crippen LogP contribution in [0.25, 0.3) is 0 Å². The van der Waals surface area contributed by atoms with E-state index < -0.39 is 5.60 Å². The van der Waals surface area contributed by atoms with Crippen LogP contribution in [0.3, 0.4) is 0 Å². The standard InChI is InChI=1S/C23H37N3O2/c1-5-15-25-16-9-12-20(25)18-13-14-21(24-17-18)26(19-10-7-6-8-11-19)22(27)28-23(2,3)4/h13-14,17,19-20H,5-12,15-16H2,1-4H3. The molecular formula is C23H37N3O2.